The Bertz CT molecular complexity index is 545. The Morgan fingerprint density at radius 2 is 2.00 bits per heavy atom. The maximum absolute atomic E-state index is 5.50. The van der Waals surface area contributed by atoms with Crippen molar-refractivity contribution in [2.24, 2.45) is 0 Å². The minimum Gasteiger partial charge on any atom is -0.466 e. The second-order valence-corrected chi connectivity index (χ2v) is 3.47. The van der Waals surface area contributed by atoms with E-state index >= 15 is 0 Å². The van der Waals surface area contributed by atoms with Crippen molar-refractivity contribution in [3.05, 3.63) is 54.5 Å². The van der Waals surface area contributed by atoms with E-state index in [9.17, 15) is 0 Å². The van der Waals surface area contributed by atoms with E-state index in [0.29, 0.717) is 12.6 Å². The third-order valence-electron chi connectivity index (χ3n) is 2.34. The summed E-state index contributed by atoms with van der Waals surface area (Å²) in [6.07, 6.45) is 1.62. The van der Waals surface area contributed by atoms with Gasteiger partial charge >= 0.3 is 0 Å². The second-order valence-electron chi connectivity index (χ2n) is 3.47. The van der Waals surface area contributed by atoms with Gasteiger partial charge in [0.2, 0.25) is 0 Å². The Morgan fingerprint density at radius 1 is 1.06 bits per heavy atom. The molecule has 0 saturated carbocycles. The van der Waals surface area contributed by atoms with Crippen LogP contribution in [0.3, 0.4) is 0 Å². The van der Waals surface area contributed by atoms with Crippen molar-refractivity contribution in [1.82, 2.24) is 0 Å². The molecule has 0 amide bonds. The summed E-state index contributed by atoms with van der Waals surface area (Å²) in [7, 11) is 0. The fraction of sp³-hybridized carbons (Fsp3) is 0.0769. The molecule has 0 bridgehead atoms. The molecule has 3 nitrogen and oxygen atoms in total. The molecule has 0 unspecified atom stereocenters. The Kier molecular flexibility index (Phi) is 2.14. The summed E-state index contributed by atoms with van der Waals surface area (Å²) in [5.74, 6) is 1.29. The first kappa shape index (κ1) is 9.09. The van der Waals surface area contributed by atoms with Crippen molar-refractivity contribution in [3.8, 4) is 5.95 Å². The average Bonchev–Trinajstić information content (AvgIpc) is 2.95. The first-order chi connectivity index (χ1) is 7.92. The normalized spacial score (nSPS) is 10.8. The number of fused-ring (bicyclic) bond motifs is 1. The number of benzene rings is 1. The Morgan fingerprint density at radius 3 is 2.81 bits per heavy atom. The number of hydrogen-bond acceptors (Lipinski definition) is 3. The van der Waals surface area contributed by atoms with Gasteiger partial charge in [-0.15, -0.1) is 0 Å². The monoisotopic (exact) mass is 214 g/mol. The van der Waals surface area contributed by atoms with Gasteiger partial charge in [-0.3, -0.25) is 0 Å². The van der Waals surface area contributed by atoms with Gasteiger partial charge in [0, 0.05) is 11.5 Å². The molecule has 0 aliphatic heterocycles. The molecule has 3 heteroatoms. The van der Waals surface area contributed by atoms with Crippen LogP contribution < -0.4 is 4.74 Å². The zero-order valence-electron chi connectivity index (χ0n) is 8.55. The molecule has 3 rings (SSSR count). The van der Waals surface area contributed by atoms with Crippen LogP contribution in [0, 0.1) is 0 Å². The number of para-hydroxylation sites is 1. The van der Waals surface area contributed by atoms with Gasteiger partial charge in [0.1, 0.15) is 18.0 Å². The first-order valence-electron chi connectivity index (χ1n) is 5.05. The third kappa shape index (κ3) is 1.67. The van der Waals surface area contributed by atoms with Crippen molar-refractivity contribution in [3.63, 3.8) is 0 Å². The van der Waals surface area contributed by atoms with Gasteiger partial charge in [-0.2, -0.15) is 0 Å². The summed E-state index contributed by atoms with van der Waals surface area (Å²) in [4.78, 5) is 0. The molecule has 0 atom stereocenters. The maximum Gasteiger partial charge on any atom is 0.285 e. The molecule has 0 aliphatic rings. The molecule has 16 heavy (non-hydrogen) atoms. The Labute approximate surface area is 92.2 Å². The minimum absolute atomic E-state index is 0.382. The van der Waals surface area contributed by atoms with Crippen molar-refractivity contribution < 1.29 is 13.6 Å². The Hall–Kier alpha value is -2.16. The predicted molar refractivity (Wildman–Crippen MR) is 59.3 cm³/mol. The van der Waals surface area contributed by atoms with E-state index in [1.54, 1.807) is 6.26 Å². The van der Waals surface area contributed by atoms with E-state index in [2.05, 4.69) is 0 Å². The van der Waals surface area contributed by atoms with Crippen LogP contribution in [-0.2, 0) is 6.61 Å². The zero-order valence-corrected chi connectivity index (χ0v) is 8.55. The fourth-order valence-electron chi connectivity index (χ4n) is 1.57. The molecule has 2 aromatic heterocycles. The van der Waals surface area contributed by atoms with Crippen LogP contribution in [0.25, 0.3) is 11.0 Å². The Balaban J connectivity index is 1.79. The molecular formula is C13H10O3. The fourth-order valence-corrected chi connectivity index (χ4v) is 1.57. The molecule has 0 saturated heterocycles. The minimum atomic E-state index is 0.382. The van der Waals surface area contributed by atoms with Gasteiger partial charge in [-0.25, -0.2) is 0 Å². The van der Waals surface area contributed by atoms with E-state index in [0.717, 1.165) is 16.7 Å². The van der Waals surface area contributed by atoms with Gasteiger partial charge in [0.05, 0.1) is 6.26 Å². The molecule has 1 aromatic carbocycles. The summed E-state index contributed by atoms with van der Waals surface area (Å²) in [6.45, 7) is 0.382. The quantitative estimate of drug-likeness (QED) is 0.668. The summed E-state index contributed by atoms with van der Waals surface area (Å²) in [6, 6.07) is 13.4. The lowest BCUT2D eigenvalue weighted by atomic mass is 10.3. The van der Waals surface area contributed by atoms with Crippen LogP contribution in [0.5, 0.6) is 5.95 Å². The molecule has 0 spiro atoms. The van der Waals surface area contributed by atoms with Crippen LogP contribution >= 0.6 is 0 Å². The third-order valence-corrected chi connectivity index (χ3v) is 2.34. The van der Waals surface area contributed by atoms with Crippen LogP contribution in [-0.4, -0.2) is 0 Å². The summed E-state index contributed by atoms with van der Waals surface area (Å²) >= 11 is 0. The van der Waals surface area contributed by atoms with Crippen LogP contribution in [0.4, 0.5) is 0 Å². The van der Waals surface area contributed by atoms with Crippen LogP contribution in [0.1, 0.15) is 5.76 Å². The molecule has 80 valence electrons. The van der Waals surface area contributed by atoms with Crippen molar-refractivity contribution >= 4 is 11.0 Å². The van der Waals surface area contributed by atoms with Crippen LogP contribution in [0.15, 0.2) is 57.6 Å². The highest BCUT2D eigenvalue weighted by Crippen LogP contribution is 2.25. The van der Waals surface area contributed by atoms with Crippen molar-refractivity contribution in [2.75, 3.05) is 0 Å². The number of hydrogen-bond donors (Lipinski definition) is 0. The van der Waals surface area contributed by atoms with E-state index < -0.39 is 0 Å². The molecular weight excluding hydrogens is 204 g/mol. The molecule has 0 aliphatic carbocycles. The lowest BCUT2D eigenvalue weighted by Gasteiger charge is -1.97. The standard InChI is InChI=1S/C13H10O3/c1-2-6-12-10(4-1)8-13(16-12)15-9-11-5-3-7-14-11/h1-8H,9H2. The SMILES string of the molecule is c1coc(COc2cc3ccccc3o2)c1. The molecule has 0 N–H and O–H groups in total. The highest BCUT2D eigenvalue weighted by atomic mass is 16.6. The lowest BCUT2D eigenvalue weighted by Crippen LogP contribution is -1.91. The summed E-state index contributed by atoms with van der Waals surface area (Å²) in [5, 5.41) is 1.04. The average molecular weight is 214 g/mol. The first-order valence-corrected chi connectivity index (χ1v) is 5.05. The summed E-state index contributed by atoms with van der Waals surface area (Å²) < 4.78 is 16.1. The smallest absolute Gasteiger partial charge is 0.285 e. The molecule has 0 fully saturated rings. The van der Waals surface area contributed by atoms with Gasteiger partial charge in [0.15, 0.2) is 0 Å². The van der Waals surface area contributed by atoms with E-state index in [4.69, 9.17) is 13.6 Å². The number of rotatable bonds is 3. The van der Waals surface area contributed by atoms with Gasteiger partial charge < -0.3 is 13.6 Å². The van der Waals surface area contributed by atoms with E-state index in [-0.39, 0.29) is 0 Å². The van der Waals surface area contributed by atoms with E-state index in [1.807, 2.05) is 42.5 Å². The van der Waals surface area contributed by atoms with Gasteiger partial charge in [-0.1, -0.05) is 18.2 Å². The maximum atomic E-state index is 5.50. The van der Waals surface area contributed by atoms with E-state index in [1.165, 1.54) is 0 Å². The highest BCUT2D eigenvalue weighted by molar-refractivity contribution is 5.78. The van der Waals surface area contributed by atoms with Crippen molar-refractivity contribution in [1.29, 1.82) is 0 Å². The molecule has 0 radical (unpaired) electrons. The lowest BCUT2D eigenvalue weighted by molar-refractivity contribution is 0.217. The topological polar surface area (TPSA) is 35.5 Å². The largest absolute Gasteiger partial charge is 0.466 e. The second kappa shape index (κ2) is 3.77. The number of furan rings is 2. The van der Waals surface area contributed by atoms with Gasteiger partial charge in [0.25, 0.3) is 5.95 Å². The zero-order chi connectivity index (χ0) is 10.8. The van der Waals surface area contributed by atoms with Gasteiger partial charge in [-0.05, 0) is 18.2 Å². The molecule has 3 aromatic rings. The predicted octanol–water partition coefficient (Wildman–Crippen LogP) is 3.60. The molecule has 2 heterocycles. The highest BCUT2D eigenvalue weighted by Gasteiger charge is 2.04. The summed E-state index contributed by atoms with van der Waals surface area (Å²) in [5.41, 5.74) is 0.831. The number of ether oxygens (including phenoxy) is 1. The van der Waals surface area contributed by atoms with Crippen LogP contribution in [0.2, 0.25) is 0 Å². The van der Waals surface area contributed by atoms with Crippen molar-refractivity contribution in [2.45, 2.75) is 6.61 Å².